The van der Waals surface area contributed by atoms with E-state index < -0.39 is 24.5 Å². The molecule has 0 saturated carbocycles. The quantitative estimate of drug-likeness (QED) is 0.585. The van der Waals surface area contributed by atoms with Gasteiger partial charge in [-0.1, -0.05) is 0 Å². The summed E-state index contributed by atoms with van der Waals surface area (Å²) in [5, 5.41) is 28.8. The van der Waals surface area contributed by atoms with Crippen molar-refractivity contribution in [2.75, 3.05) is 6.61 Å². The van der Waals surface area contributed by atoms with E-state index >= 15 is 0 Å². The molecule has 4 N–H and O–H groups in total. The minimum atomic E-state index is -1.34. The highest BCUT2D eigenvalue weighted by Crippen LogP contribution is 2.15. The predicted molar refractivity (Wildman–Crippen MR) is 58.8 cm³/mol. The van der Waals surface area contributed by atoms with Gasteiger partial charge < -0.3 is 20.6 Å². The van der Waals surface area contributed by atoms with E-state index in [4.69, 9.17) is 15.3 Å². The molecule has 92 valence electrons. The molecular weight excluding hydrogens is 226 g/mol. The fraction of sp³-hybridized carbons (Fsp3) is 0.273. The summed E-state index contributed by atoms with van der Waals surface area (Å²) in [6.07, 6.45) is 0. The van der Waals surface area contributed by atoms with Crippen LogP contribution in [0.25, 0.3) is 0 Å². The number of carboxylic acids is 1. The first kappa shape index (κ1) is 13.0. The third kappa shape index (κ3) is 3.18. The zero-order valence-electron chi connectivity index (χ0n) is 9.17. The number of carboxylic acid groups (broad SMARTS) is 1. The largest absolute Gasteiger partial charge is 0.508 e. The minimum Gasteiger partial charge on any atom is -0.508 e. The van der Waals surface area contributed by atoms with Crippen LogP contribution in [0.15, 0.2) is 18.2 Å². The summed E-state index contributed by atoms with van der Waals surface area (Å²) in [4.78, 5) is 22.3. The molecule has 0 aliphatic heterocycles. The normalized spacial score (nSPS) is 11.9. The number of aryl methyl sites for hydroxylation is 1. The molecule has 0 bridgehead atoms. The Morgan fingerprint density at radius 1 is 1.41 bits per heavy atom. The second kappa shape index (κ2) is 5.31. The lowest BCUT2D eigenvalue weighted by molar-refractivity contribution is -0.140. The average molecular weight is 239 g/mol. The molecule has 1 rings (SSSR count). The van der Waals surface area contributed by atoms with Crippen molar-refractivity contribution in [3.05, 3.63) is 29.3 Å². The average Bonchev–Trinajstić information content (AvgIpc) is 2.24. The Balaban J connectivity index is 2.86. The summed E-state index contributed by atoms with van der Waals surface area (Å²) in [5.74, 6) is -1.89. The Bertz CT molecular complexity index is 443. The Labute approximate surface area is 97.5 Å². The van der Waals surface area contributed by atoms with Crippen LogP contribution in [0.2, 0.25) is 0 Å². The van der Waals surface area contributed by atoms with Crippen LogP contribution in [0.3, 0.4) is 0 Å². The Morgan fingerprint density at radius 3 is 2.53 bits per heavy atom. The van der Waals surface area contributed by atoms with E-state index in [0.29, 0.717) is 5.56 Å². The first-order valence-corrected chi connectivity index (χ1v) is 4.90. The van der Waals surface area contributed by atoms with E-state index in [1.807, 2.05) is 0 Å². The maximum absolute atomic E-state index is 11.7. The summed E-state index contributed by atoms with van der Waals surface area (Å²) in [7, 11) is 0. The molecule has 1 atom stereocenters. The standard InChI is InChI=1S/C11H13NO5/c1-6-4-7(14)2-3-8(6)10(15)12-9(5-13)11(16)17/h2-4,9,13-14H,5H2,1H3,(H,12,15)(H,16,17). The van der Waals surface area contributed by atoms with Gasteiger partial charge in [-0.3, -0.25) is 4.79 Å². The van der Waals surface area contributed by atoms with Gasteiger partial charge in [-0.15, -0.1) is 0 Å². The van der Waals surface area contributed by atoms with Gasteiger partial charge in [-0.25, -0.2) is 4.79 Å². The summed E-state index contributed by atoms with van der Waals surface area (Å²) < 4.78 is 0. The number of aliphatic carboxylic acids is 1. The number of aromatic hydroxyl groups is 1. The van der Waals surface area contributed by atoms with Gasteiger partial charge in [-0.2, -0.15) is 0 Å². The molecule has 0 aliphatic carbocycles. The third-order valence-corrected chi connectivity index (χ3v) is 2.24. The zero-order chi connectivity index (χ0) is 13.0. The molecule has 17 heavy (non-hydrogen) atoms. The minimum absolute atomic E-state index is 0.0241. The lowest BCUT2D eigenvalue weighted by Crippen LogP contribution is -2.43. The van der Waals surface area contributed by atoms with Gasteiger partial charge in [-0.05, 0) is 30.7 Å². The second-order valence-electron chi connectivity index (χ2n) is 3.55. The highest BCUT2D eigenvalue weighted by atomic mass is 16.4. The number of amides is 1. The zero-order valence-corrected chi connectivity index (χ0v) is 9.17. The van der Waals surface area contributed by atoms with Crippen molar-refractivity contribution in [3.8, 4) is 5.75 Å². The number of hydrogen-bond donors (Lipinski definition) is 4. The van der Waals surface area contributed by atoms with Gasteiger partial charge >= 0.3 is 5.97 Å². The SMILES string of the molecule is Cc1cc(O)ccc1C(=O)NC(CO)C(=O)O. The fourth-order valence-electron chi connectivity index (χ4n) is 1.32. The van der Waals surface area contributed by atoms with Crippen LogP contribution in [0.4, 0.5) is 0 Å². The Morgan fingerprint density at radius 2 is 2.06 bits per heavy atom. The lowest BCUT2D eigenvalue weighted by atomic mass is 10.1. The maximum atomic E-state index is 11.7. The summed E-state index contributed by atoms with van der Waals surface area (Å²) in [5.41, 5.74) is 0.770. The van der Waals surface area contributed by atoms with E-state index in [9.17, 15) is 9.59 Å². The first-order chi connectivity index (χ1) is 7.95. The van der Waals surface area contributed by atoms with Crippen molar-refractivity contribution in [3.63, 3.8) is 0 Å². The highest BCUT2D eigenvalue weighted by Gasteiger charge is 2.20. The Kier molecular flexibility index (Phi) is 4.06. The summed E-state index contributed by atoms with van der Waals surface area (Å²) in [6.45, 7) is 0.932. The molecular formula is C11H13NO5. The van der Waals surface area contributed by atoms with Crippen LogP contribution in [0.5, 0.6) is 5.75 Å². The van der Waals surface area contributed by atoms with Crippen LogP contribution < -0.4 is 5.32 Å². The van der Waals surface area contributed by atoms with Crippen molar-refractivity contribution in [2.45, 2.75) is 13.0 Å². The second-order valence-corrected chi connectivity index (χ2v) is 3.55. The molecule has 1 unspecified atom stereocenters. The number of aliphatic hydroxyl groups is 1. The van der Waals surface area contributed by atoms with E-state index in [1.54, 1.807) is 6.92 Å². The number of hydrogen-bond acceptors (Lipinski definition) is 4. The van der Waals surface area contributed by atoms with Gasteiger partial charge in [0.25, 0.3) is 5.91 Å². The molecule has 0 aromatic heterocycles. The number of aliphatic hydroxyl groups excluding tert-OH is 1. The lowest BCUT2D eigenvalue weighted by Gasteiger charge is -2.12. The number of benzene rings is 1. The third-order valence-electron chi connectivity index (χ3n) is 2.24. The fourth-order valence-corrected chi connectivity index (χ4v) is 1.32. The van der Waals surface area contributed by atoms with Gasteiger partial charge in [0.2, 0.25) is 0 Å². The summed E-state index contributed by atoms with van der Waals surface area (Å²) >= 11 is 0. The topological polar surface area (TPSA) is 107 Å². The molecule has 0 aliphatic rings. The number of rotatable bonds is 4. The molecule has 0 saturated heterocycles. The number of nitrogens with one attached hydrogen (secondary N) is 1. The molecule has 1 aromatic rings. The van der Waals surface area contributed by atoms with Crippen molar-refractivity contribution in [1.82, 2.24) is 5.32 Å². The number of carbonyl (C=O) groups excluding carboxylic acids is 1. The Hall–Kier alpha value is -2.08. The van der Waals surface area contributed by atoms with Gasteiger partial charge in [0.15, 0.2) is 6.04 Å². The molecule has 0 fully saturated rings. The maximum Gasteiger partial charge on any atom is 0.328 e. The van der Waals surface area contributed by atoms with Crippen LogP contribution in [-0.4, -0.2) is 39.8 Å². The molecule has 1 amide bonds. The number of phenols is 1. The molecule has 0 radical (unpaired) electrons. The van der Waals surface area contributed by atoms with Gasteiger partial charge in [0.1, 0.15) is 5.75 Å². The van der Waals surface area contributed by atoms with Gasteiger partial charge in [0.05, 0.1) is 6.61 Å². The molecule has 1 aromatic carbocycles. The van der Waals surface area contributed by atoms with E-state index in [-0.39, 0.29) is 11.3 Å². The molecule has 6 nitrogen and oxygen atoms in total. The monoisotopic (exact) mass is 239 g/mol. The number of carbonyl (C=O) groups is 2. The predicted octanol–water partition coefficient (Wildman–Crippen LogP) is -0.124. The first-order valence-electron chi connectivity index (χ1n) is 4.90. The van der Waals surface area contributed by atoms with E-state index in [1.165, 1.54) is 18.2 Å². The number of phenolic OH excluding ortho intramolecular Hbond substituents is 1. The van der Waals surface area contributed by atoms with Gasteiger partial charge in [0, 0.05) is 5.56 Å². The van der Waals surface area contributed by atoms with Crippen LogP contribution in [-0.2, 0) is 4.79 Å². The molecule has 6 heteroatoms. The van der Waals surface area contributed by atoms with E-state index in [0.717, 1.165) is 0 Å². The van der Waals surface area contributed by atoms with Crippen molar-refractivity contribution >= 4 is 11.9 Å². The highest BCUT2D eigenvalue weighted by molar-refractivity contribution is 5.97. The van der Waals surface area contributed by atoms with Crippen LogP contribution >= 0.6 is 0 Å². The van der Waals surface area contributed by atoms with Crippen molar-refractivity contribution in [2.24, 2.45) is 0 Å². The van der Waals surface area contributed by atoms with Crippen molar-refractivity contribution in [1.29, 1.82) is 0 Å². The van der Waals surface area contributed by atoms with E-state index in [2.05, 4.69) is 5.32 Å². The van der Waals surface area contributed by atoms with Crippen molar-refractivity contribution < 1.29 is 24.9 Å². The molecule has 0 spiro atoms. The smallest absolute Gasteiger partial charge is 0.328 e. The summed E-state index contributed by atoms with van der Waals surface area (Å²) in [6, 6.07) is 2.77. The van der Waals surface area contributed by atoms with Crippen LogP contribution in [0.1, 0.15) is 15.9 Å². The molecule has 0 heterocycles. The van der Waals surface area contributed by atoms with Crippen LogP contribution in [0, 0.1) is 6.92 Å².